The predicted octanol–water partition coefficient (Wildman–Crippen LogP) is 4.21. The Morgan fingerprint density at radius 3 is 2.46 bits per heavy atom. The lowest BCUT2D eigenvalue weighted by atomic mass is 9.96. The van der Waals surface area contributed by atoms with Crippen molar-refractivity contribution in [1.29, 1.82) is 0 Å². The molecular weight excluding hydrogens is 510 g/mol. The molecule has 0 radical (unpaired) electrons. The Kier molecular flexibility index (Phi) is 7.00. The summed E-state index contributed by atoms with van der Waals surface area (Å²) < 4.78 is 39.7. The van der Waals surface area contributed by atoms with Gasteiger partial charge >= 0.3 is 5.97 Å². The molecule has 5 rings (SSSR count). The topological polar surface area (TPSA) is 94.6 Å². The quantitative estimate of drug-likeness (QED) is 0.462. The van der Waals surface area contributed by atoms with Crippen LogP contribution in [0.15, 0.2) is 42.5 Å². The van der Waals surface area contributed by atoms with Crippen LogP contribution in [0.3, 0.4) is 0 Å². The Balaban J connectivity index is 1.46. The molecule has 2 N–H and O–H groups in total. The number of benzene rings is 3. The number of ether oxygens (including phenoxy) is 2. The number of nitrogens with zero attached hydrogens (tertiary/aromatic N) is 3. The molecule has 3 aromatic carbocycles. The van der Waals surface area contributed by atoms with Gasteiger partial charge in [0.2, 0.25) is 0 Å². The van der Waals surface area contributed by atoms with E-state index in [0.29, 0.717) is 18.6 Å². The van der Waals surface area contributed by atoms with Gasteiger partial charge in [-0.05, 0) is 47.7 Å². The van der Waals surface area contributed by atoms with Gasteiger partial charge in [-0.25, -0.2) is 8.78 Å². The van der Waals surface area contributed by atoms with Gasteiger partial charge in [-0.1, -0.05) is 12.1 Å². The van der Waals surface area contributed by atoms with E-state index in [1.807, 2.05) is 47.4 Å². The van der Waals surface area contributed by atoms with Gasteiger partial charge < -0.3 is 19.5 Å². The number of aliphatic carboxylic acids is 1. The average Bonchev–Trinajstić information content (AvgIpc) is 3.26. The second-order valence-corrected chi connectivity index (χ2v) is 9.41. The minimum absolute atomic E-state index is 0.00120. The summed E-state index contributed by atoms with van der Waals surface area (Å²) in [5.41, 5.74) is 7.82. The van der Waals surface area contributed by atoms with Crippen LogP contribution in [-0.4, -0.2) is 49.7 Å². The molecule has 2 aliphatic rings. The van der Waals surface area contributed by atoms with Crippen molar-refractivity contribution in [3.05, 3.63) is 76.4 Å². The molecule has 9 nitrogen and oxygen atoms in total. The number of anilines is 3. The third-order valence-electron chi connectivity index (χ3n) is 7.02. The fraction of sp³-hybridized carbons (Fsp3) is 0.286. The van der Waals surface area contributed by atoms with Crippen molar-refractivity contribution in [3.63, 3.8) is 0 Å². The number of fused-ring (bicyclic) bond motifs is 2. The zero-order valence-electron chi connectivity index (χ0n) is 21.8. The lowest BCUT2D eigenvalue weighted by molar-refractivity contribution is -0.136. The predicted molar refractivity (Wildman–Crippen MR) is 140 cm³/mol. The monoisotopic (exact) mass is 538 g/mol. The number of amides is 1. The van der Waals surface area contributed by atoms with Crippen LogP contribution in [0, 0.1) is 11.6 Å². The van der Waals surface area contributed by atoms with Crippen LogP contribution in [0.5, 0.6) is 11.5 Å². The number of carbonyl (C=O) groups is 2. The molecule has 11 heteroatoms. The first-order chi connectivity index (χ1) is 18.7. The maximum absolute atomic E-state index is 14.6. The highest BCUT2D eigenvalue weighted by Gasteiger charge is 2.33. The summed E-state index contributed by atoms with van der Waals surface area (Å²) in [7, 11) is 4.72. The summed E-state index contributed by atoms with van der Waals surface area (Å²) in [5.74, 6) is -2.93. The summed E-state index contributed by atoms with van der Waals surface area (Å²) >= 11 is 0. The third-order valence-corrected chi connectivity index (χ3v) is 7.02. The Labute approximate surface area is 224 Å². The van der Waals surface area contributed by atoms with Crippen LogP contribution in [0.4, 0.5) is 25.8 Å². The van der Waals surface area contributed by atoms with Crippen molar-refractivity contribution in [2.75, 3.05) is 37.8 Å². The summed E-state index contributed by atoms with van der Waals surface area (Å²) in [6.07, 6.45) is 0.799. The highest BCUT2D eigenvalue weighted by Crippen LogP contribution is 2.46. The van der Waals surface area contributed by atoms with E-state index in [2.05, 4.69) is 5.53 Å². The molecule has 0 atom stereocenters. The molecule has 39 heavy (non-hydrogen) atoms. The largest absolute Gasteiger partial charge is 0.497 e. The highest BCUT2D eigenvalue weighted by molar-refractivity contribution is 5.95. The van der Waals surface area contributed by atoms with E-state index in [1.54, 1.807) is 7.11 Å². The normalized spacial score (nSPS) is 14.2. The Bertz CT molecular complexity index is 1440. The second kappa shape index (κ2) is 10.4. The molecule has 0 saturated heterocycles. The Hall–Kier alpha value is -4.38. The summed E-state index contributed by atoms with van der Waals surface area (Å²) in [6, 6.07) is 11.5. The first kappa shape index (κ1) is 26.2. The molecule has 3 aromatic rings. The first-order valence-corrected chi connectivity index (χ1v) is 12.4. The van der Waals surface area contributed by atoms with Gasteiger partial charge in [0, 0.05) is 38.7 Å². The van der Waals surface area contributed by atoms with Crippen molar-refractivity contribution in [1.82, 2.24) is 10.4 Å². The van der Waals surface area contributed by atoms with E-state index in [0.717, 1.165) is 45.9 Å². The number of carbonyl (C=O) groups excluding carboxylic acids is 1. The maximum Gasteiger partial charge on any atom is 0.303 e. The van der Waals surface area contributed by atoms with Crippen molar-refractivity contribution >= 4 is 28.9 Å². The first-order valence-electron chi connectivity index (χ1n) is 12.4. The number of methoxy groups -OCH3 is 2. The van der Waals surface area contributed by atoms with Crippen LogP contribution in [0.1, 0.15) is 33.5 Å². The number of hydrogen-bond acceptors (Lipinski definition) is 7. The lowest BCUT2D eigenvalue weighted by Gasteiger charge is -2.32. The molecule has 2 heterocycles. The van der Waals surface area contributed by atoms with Crippen LogP contribution >= 0.6 is 0 Å². The van der Waals surface area contributed by atoms with Crippen molar-refractivity contribution in [3.8, 4) is 11.5 Å². The van der Waals surface area contributed by atoms with Gasteiger partial charge in [-0.2, -0.15) is 0 Å². The van der Waals surface area contributed by atoms with E-state index in [-0.39, 0.29) is 25.3 Å². The van der Waals surface area contributed by atoms with Crippen molar-refractivity contribution < 1.29 is 33.0 Å². The summed E-state index contributed by atoms with van der Waals surface area (Å²) in [4.78, 5) is 25.7. The molecular formula is C28H28F2N4O5. The maximum atomic E-state index is 14.6. The molecule has 204 valence electrons. The second-order valence-electron chi connectivity index (χ2n) is 9.41. The van der Waals surface area contributed by atoms with Crippen LogP contribution < -0.4 is 25.0 Å². The molecule has 0 saturated carbocycles. The van der Waals surface area contributed by atoms with Gasteiger partial charge in [0.25, 0.3) is 5.91 Å². The minimum Gasteiger partial charge on any atom is -0.497 e. The fourth-order valence-corrected chi connectivity index (χ4v) is 5.15. The number of carboxylic acid groups (broad SMARTS) is 1. The highest BCUT2D eigenvalue weighted by atomic mass is 19.1. The molecule has 0 bridgehead atoms. The molecule has 0 unspecified atom stereocenters. The standard InChI is InChI=1S/C28H28F2N4O5/c1-32-27-23(11-16(7-8-25(35)36)12-24(27)39-3)34(31-32)22-6-4-5-17-15-33(10-9-19(17)22)28(37)26-20(29)13-18(38-2)14-21(26)30/h4-6,11-14,31H,7-10,15H2,1-3H3,(H,35,36). The minimum atomic E-state index is -0.968. The smallest absolute Gasteiger partial charge is 0.303 e. The van der Waals surface area contributed by atoms with Gasteiger partial charge in [0.15, 0.2) is 0 Å². The number of halogens is 2. The van der Waals surface area contributed by atoms with E-state index >= 15 is 0 Å². The van der Waals surface area contributed by atoms with E-state index in [9.17, 15) is 18.4 Å². The number of hydrogen-bond donors (Lipinski definition) is 2. The molecule has 0 aromatic heterocycles. The average molecular weight is 539 g/mol. The van der Waals surface area contributed by atoms with Crippen molar-refractivity contribution in [2.45, 2.75) is 25.8 Å². The van der Waals surface area contributed by atoms with E-state index < -0.39 is 29.1 Å². The molecule has 0 aliphatic carbocycles. The van der Waals surface area contributed by atoms with Gasteiger partial charge in [0.05, 0.1) is 25.6 Å². The summed E-state index contributed by atoms with van der Waals surface area (Å²) in [5, 5.41) is 12.9. The van der Waals surface area contributed by atoms with Gasteiger partial charge in [-0.3, -0.25) is 19.6 Å². The molecule has 0 spiro atoms. The van der Waals surface area contributed by atoms with Crippen molar-refractivity contribution in [2.24, 2.45) is 0 Å². The number of aryl methyl sites for hydroxylation is 1. The number of hydrazine groups is 2. The molecule has 1 amide bonds. The Morgan fingerprint density at radius 1 is 1.05 bits per heavy atom. The summed E-state index contributed by atoms with van der Waals surface area (Å²) in [6.45, 7) is 0.456. The zero-order chi connectivity index (χ0) is 27.8. The molecule has 2 aliphatic heterocycles. The number of nitrogens with one attached hydrogen (secondary N) is 1. The van der Waals surface area contributed by atoms with E-state index in [1.165, 1.54) is 12.0 Å². The SMILES string of the molecule is COc1cc(F)c(C(=O)N2CCc3c(cccc3N3NN(C)c4c(OC)cc(CCC(=O)O)cc43)C2)c(F)c1. The Morgan fingerprint density at radius 2 is 1.79 bits per heavy atom. The van der Waals surface area contributed by atoms with Crippen LogP contribution in [-0.2, 0) is 24.2 Å². The number of carboxylic acids is 1. The van der Waals surface area contributed by atoms with Gasteiger partial charge in [-0.15, -0.1) is 5.53 Å². The lowest BCUT2D eigenvalue weighted by Crippen LogP contribution is -2.41. The number of rotatable bonds is 7. The zero-order valence-corrected chi connectivity index (χ0v) is 21.8. The third kappa shape index (κ3) is 4.81. The van der Waals surface area contributed by atoms with Crippen LogP contribution in [0.25, 0.3) is 0 Å². The molecule has 0 fully saturated rings. The fourth-order valence-electron chi connectivity index (χ4n) is 5.15. The van der Waals surface area contributed by atoms with Crippen LogP contribution in [0.2, 0.25) is 0 Å². The van der Waals surface area contributed by atoms with Gasteiger partial charge in [0.1, 0.15) is 34.4 Å². The van der Waals surface area contributed by atoms with E-state index in [4.69, 9.17) is 14.6 Å².